The molecule has 0 saturated carbocycles. The van der Waals surface area contributed by atoms with Crippen LogP contribution in [0, 0.1) is 0 Å². The Labute approximate surface area is 181 Å². The van der Waals surface area contributed by atoms with E-state index >= 15 is 0 Å². The molecule has 9 heteroatoms. The summed E-state index contributed by atoms with van der Waals surface area (Å²) < 4.78 is 5.71. The number of nitrogens with zero attached hydrogens (tertiary/aromatic N) is 1. The molecule has 2 aromatic carbocycles. The van der Waals surface area contributed by atoms with Crippen molar-refractivity contribution in [3.8, 4) is 5.75 Å². The first-order valence-corrected chi connectivity index (χ1v) is 9.71. The Balaban J connectivity index is 1.80. The summed E-state index contributed by atoms with van der Waals surface area (Å²) in [7, 11) is 0. The first-order chi connectivity index (χ1) is 13.3. The van der Waals surface area contributed by atoms with Gasteiger partial charge in [-0.1, -0.05) is 52.5 Å². The Morgan fingerprint density at radius 2 is 1.71 bits per heavy atom. The Morgan fingerprint density at radius 1 is 1.04 bits per heavy atom. The molecule has 1 aliphatic heterocycles. The van der Waals surface area contributed by atoms with Crippen molar-refractivity contribution < 1.29 is 14.3 Å². The number of ether oxygens (including phenoxy) is 1. The highest BCUT2D eigenvalue weighted by Crippen LogP contribution is 2.36. The van der Waals surface area contributed by atoms with Gasteiger partial charge in [0.15, 0.2) is 5.75 Å². The fourth-order valence-corrected chi connectivity index (χ4v) is 3.69. The third kappa shape index (κ3) is 4.39. The van der Waals surface area contributed by atoms with E-state index in [0.717, 1.165) is 10.5 Å². The largest absolute Gasteiger partial charge is 0.486 e. The van der Waals surface area contributed by atoms with Gasteiger partial charge in [-0.2, -0.15) is 0 Å². The lowest BCUT2D eigenvalue weighted by Gasteiger charge is -2.12. The molecular formula is C19H14Cl4N2O3. The molecule has 3 rings (SSSR count). The maximum Gasteiger partial charge on any atom is 0.328 e. The standard InChI is InChI=1S/C19H14Cl4N2O3/c1-2-25-18(26)16(24-19(25)27)7-10-5-14(22)17(15(23)6-10)28-9-11-3-4-12(20)8-13(11)21/h3-8H,2,9H2,1H3,(H,24,27)/b16-7+. The van der Waals surface area contributed by atoms with E-state index in [-0.39, 0.29) is 34.6 Å². The van der Waals surface area contributed by atoms with Gasteiger partial charge in [0.25, 0.3) is 5.91 Å². The smallest absolute Gasteiger partial charge is 0.328 e. The van der Waals surface area contributed by atoms with Crippen molar-refractivity contribution in [1.82, 2.24) is 10.2 Å². The zero-order chi connectivity index (χ0) is 20.4. The van der Waals surface area contributed by atoms with Crippen molar-refractivity contribution in [3.63, 3.8) is 0 Å². The van der Waals surface area contributed by atoms with Gasteiger partial charge in [0.1, 0.15) is 12.3 Å². The predicted octanol–water partition coefficient (Wildman–Crippen LogP) is 5.79. The third-order valence-electron chi connectivity index (χ3n) is 4.00. The second-order valence-corrected chi connectivity index (χ2v) is 7.53. The number of rotatable bonds is 5. The van der Waals surface area contributed by atoms with Gasteiger partial charge in [-0.3, -0.25) is 9.69 Å². The Hall–Kier alpha value is -1.92. The van der Waals surface area contributed by atoms with Crippen molar-refractivity contribution in [2.45, 2.75) is 13.5 Å². The monoisotopic (exact) mass is 458 g/mol. The number of imide groups is 1. The molecule has 28 heavy (non-hydrogen) atoms. The number of carbonyl (C=O) groups is 2. The van der Waals surface area contributed by atoms with Crippen LogP contribution >= 0.6 is 46.4 Å². The van der Waals surface area contributed by atoms with E-state index in [1.54, 1.807) is 37.3 Å². The average molecular weight is 460 g/mol. The number of halogens is 4. The molecule has 1 N–H and O–H groups in total. The van der Waals surface area contributed by atoms with E-state index in [4.69, 9.17) is 51.1 Å². The van der Waals surface area contributed by atoms with Gasteiger partial charge in [0.05, 0.1) is 10.0 Å². The van der Waals surface area contributed by atoms with E-state index < -0.39 is 11.9 Å². The van der Waals surface area contributed by atoms with Crippen LogP contribution < -0.4 is 10.1 Å². The highest BCUT2D eigenvalue weighted by atomic mass is 35.5. The molecular weight excluding hydrogens is 446 g/mol. The fourth-order valence-electron chi connectivity index (χ4n) is 2.61. The molecule has 146 valence electrons. The Kier molecular flexibility index (Phi) is 6.40. The molecule has 2 aromatic rings. The van der Waals surface area contributed by atoms with E-state index in [1.165, 1.54) is 6.08 Å². The van der Waals surface area contributed by atoms with Gasteiger partial charge < -0.3 is 10.1 Å². The maximum absolute atomic E-state index is 12.2. The molecule has 0 aliphatic carbocycles. The minimum Gasteiger partial charge on any atom is -0.486 e. The number of benzene rings is 2. The highest BCUT2D eigenvalue weighted by Gasteiger charge is 2.32. The molecule has 0 atom stereocenters. The first-order valence-electron chi connectivity index (χ1n) is 8.20. The minimum atomic E-state index is -0.462. The molecule has 1 heterocycles. The Morgan fingerprint density at radius 3 is 2.29 bits per heavy atom. The normalized spacial score (nSPS) is 15.3. The quantitative estimate of drug-likeness (QED) is 0.454. The van der Waals surface area contributed by atoms with Gasteiger partial charge >= 0.3 is 6.03 Å². The number of urea groups is 1. The summed E-state index contributed by atoms with van der Waals surface area (Å²) in [6.45, 7) is 2.15. The molecule has 0 spiro atoms. The van der Waals surface area contributed by atoms with Crippen LogP contribution in [-0.2, 0) is 11.4 Å². The van der Waals surface area contributed by atoms with Crippen molar-refractivity contribution >= 4 is 64.4 Å². The van der Waals surface area contributed by atoms with Crippen LogP contribution in [0.5, 0.6) is 5.75 Å². The van der Waals surface area contributed by atoms with Crippen LogP contribution in [0.15, 0.2) is 36.0 Å². The minimum absolute atomic E-state index is 0.149. The van der Waals surface area contributed by atoms with Crippen molar-refractivity contribution in [1.29, 1.82) is 0 Å². The maximum atomic E-state index is 12.2. The number of nitrogens with one attached hydrogen (secondary N) is 1. The van der Waals surface area contributed by atoms with Gasteiger partial charge in [0, 0.05) is 22.2 Å². The van der Waals surface area contributed by atoms with Crippen LogP contribution in [0.2, 0.25) is 20.1 Å². The van der Waals surface area contributed by atoms with Crippen LogP contribution in [-0.4, -0.2) is 23.4 Å². The lowest BCUT2D eigenvalue weighted by atomic mass is 10.1. The lowest BCUT2D eigenvalue weighted by Crippen LogP contribution is -2.30. The highest BCUT2D eigenvalue weighted by molar-refractivity contribution is 6.37. The number of hydrogen-bond acceptors (Lipinski definition) is 3. The third-order valence-corrected chi connectivity index (χ3v) is 5.15. The molecule has 0 radical (unpaired) electrons. The topological polar surface area (TPSA) is 58.6 Å². The van der Waals surface area contributed by atoms with Crippen LogP contribution in [0.3, 0.4) is 0 Å². The predicted molar refractivity (Wildman–Crippen MR) is 111 cm³/mol. The second-order valence-electron chi connectivity index (χ2n) is 5.88. The lowest BCUT2D eigenvalue weighted by molar-refractivity contribution is -0.122. The van der Waals surface area contributed by atoms with Gasteiger partial charge in [-0.15, -0.1) is 0 Å². The van der Waals surface area contributed by atoms with Gasteiger partial charge in [-0.05, 0) is 42.8 Å². The summed E-state index contributed by atoms with van der Waals surface area (Å²) in [4.78, 5) is 25.0. The summed E-state index contributed by atoms with van der Waals surface area (Å²) in [5.41, 5.74) is 1.43. The van der Waals surface area contributed by atoms with Crippen molar-refractivity contribution in [2.24, 2.45) is 0 Å². The summed E-state index contributed by atoms with van der Waals surface area (Å²) in [6.07, 6.45) is 1.51. The number of carbonyl (C=O) groups excluding carboxylic acids is 2. The summed E-state index contributed by atoms with van der Waals surface area (Å²) in [5, 5.41) is 4.03. The van der Waals surface area contributed by atoms with E-state index in [0.29, 0.717) is 15.6 Å². The fraction of sp³-hybridized carbons (Fsp3) is 0.158. The van der Waals surface area contributed by atoms with Crippen molar-refractivity contribution in [3.05, 3.63) is 67.2 Å². The Bertz CT molecular complexity index is 968. The summed E-state index contributed by atoms with van der Waals surface area (Å²) in [6, 6.07) is 7.79. The van der Waals surface area contributed by atoms with Crippen molar-refractivity contribution in [2.75, 3.05) is 6.54 Å². The second kappa shape index (κ2) is 8.62. The number of amides is 3. The molecule has 1 saturated heterocycles. The summed E-state index contributed by atoms with van der Waals surface area (Å²) >= 11 is 24.6. The van der Waals surface area contributed by atoms with Gasteiger partial charge in [-0.25, -0.2) is 4.79 Å². The number of likely N-dealkylation sites (N-methyl/N-ethyl adjacent to an activating group) is 1. The first kappa shape index (κ1) is 20.8. The average Bonchev–Trinajstić information content (AvgIpc) is 2.88. The molecule has 5 nitrogen and oxygen atoms in total. The summed E-state index contributed by atoms with van der Waals surface area (Å²) in [5.74, 6) is -0.120. The van der Waals surface area contributed by atoms with Gasteiger partial charge in [0.2, 0.25) is 0 Å². The molecule has 0 unspecified atom stereocenters. The zero-order valence-corrected chi connectivity index (χ0v) is 17.6. The number of hydrogen-bond donors (Lipinski definition) is 1. The van der Waals surface area contributed by atoms with E-state index in [2.05, 4.69) is 5.32 Å². The molecule has 0 bridgehead atoms. The molecule has 1 aliphatic rings. The van der Waals surface area contributed by atoms with Crippen LogP contribution in [0.25, 0.3) is 6.08 Å². The van der Waals surface area contributed by atoms with Crippen LogP contribution in [0.4, 0.5) is 4.79 Å². The molecule has 1 fully saturated rings. The van der Waals surface area contributed by atoms with E-state index in [1.807, 2.05) is 0 Å². The molecule has 0 aromatic heterocycles. The van der Waals surface area contributed by atoms with Crippen LogP contribution in [0.1, 0.15) is 18.1 Å². The van der Waals surface area contributed by atoms with E-state index in [9.17, 15) is 9.59 Å². The zero-order valence-electron chi connectivity index (χ0n) is 14.6. The molecule has 3 amide bonds. The SMILES string of the molecule is CCN1C(=O)N/C(=C/c2cc(Cl)c(OCc3ccc(Cl)cc3Cl)c(Cl)c2)C1=O.